The van der Waals surface area contributed by atoms with Crippen molar-refractivity contribution in [1.82, 2.24) is 19.9 Å². The molecule has 0 N–H and O–H groups in total. The van der Waals surface area contributed by atoms with Gasteiger partial charge in [-0.05, 0) is 39.2 Å². The van der Waals surface area contributed by atoms with Gasteiger partial charge in [0.1, 0.15) is 35.6 Å². The maximum atomic E-state index is 15.0. The number of hydrogen-bond donors (Lipinski definition) is 0. The van der Waals surface area contributed by atoms with Crippen LogP contribution in [0.1, 0.15) is 39.0 Å². The van der Waals surface area contributed by atoms with Gasteiger partial charge in [-0.2, -0.15) is 15.0 Å². The van der Waals surface area contributed by atoms with Crippen molar-refractivity contribution in [2.24, 2.45) is 0 Å². The van der Waals surface area contributed by atoms with Crippen LogP contribution in [0.4, 0.5) is 14.6 Å². The Morgan fingerprint density at radius 2 is 2.13 bits per heavy atom. The van der Waals surface area contributed by atoms with Crippen molar-refractivity contribution in [3.63, 3.8) is 0 Å². The highest BCUT2D eigenvalue weighted by Gasteiger charge is 2.49. The number of fused-ring (bicyclic) bond motifs is 3. The summed E-state index contributed by atoms with van der Waals surface area (Å²) in [5.41, 5.74) is -0.287. The lowest BCUT2D eigenvalue weighted by molar-refractivity contribution is 0.107. The van der Waals surface area contributed by atoms with Crippen molar-refractivity contribution in [2.75, 3.05) is 31.1 Å². The molecular formula is C21H24ClF2N5O2. The summed E-state index contributed by atoms with van der Waals surface area (Å²) in [5.74, 6) is 0.107. The molecule has 4 aliphatic rings. The Morgan fingerprint density at radius 3 is 3.00 bits per heavy atom. The van der Waals surface area contributed by atoms with Gasteiger partial charge < -0.3 is 14.4 Å². The number of rotatable bonds is 3. The number of alkyl halides is 1. The summed E-state index contributed by atoms with van der Waals surface area (Å²) in [6.07, 6.45) is 3.29. The van der Waals surface area contributed by atoms with E-state index in [-0.39, 0.29) is 46.9 Å². The zero-order valence-corrected chi connectivity index (χ0v) is 18.0. The average Bonchev–Trinajstić information content (AvgIpc) is 3.42. The lowest BCUT2D eigenvalue weighted by Crippen LogP contribution is -2.43. The first-order valence-corrected chi connectivity index (χ1v) is 11.3. The van der Waals surface area contributed by atoms with Crippen LogP contribution >= 0.6 is 11.6 Å². The van der Waals surface area contributed by atoms with E-state index in [4.69, 9.17) is 21.1 Å². The summed E-state index contributed by atoms with van der Waals surface area (Å²) in [7, 11) is 0. The minimum absolute atomic E-state index is 0.0466. The van der Waals surface area contributed by atoms with Gasteiger partial charge in [-0.1, -0.05) is 11.6 Å². The van der Waals surface area contributed by atoms with Crippen LogP contribution in [0.2, 0.25) is 5.15 Å². The van der Waals surface area contributed by atoms with Crippen LogP contribution in [0.15, 0.2) is 0 Å². The molecule has 0 unspecified atom stereocenters. The number of halogens is 3. The van der Waals surface area contributed by atoms with Crippen molar-refractivity contribution < 1.29 is 18.3 Å². The molecule has 0 spiro atoms. The molecular weight excluding hydrogens is 428 g/mol. The standard InChI is InChI=1S/C21H24ClF2N5O2/c1-11-13-4-2-7-29(13)18-14-16(15(24)17(22)26-19(14)31-11)25-20(27-18)30-10-21-5-3-6-28(21)9-12(23)8-21/h11-13H,2-10H2,1H3/t11-,12-,13+,21+/m1/s1. The molecule has 0 aromatic carbocycles. The fourth-order valence-electron chi connectivity index (χ4n) is 5.88. The summed E-state index contributed by atoms with van der Waals surface area (Å²) >= 11 is 6.06. The van der Waals surface area contributed by atoms with Crippen LogP contribution in [0, 0.1) is 5.82 Å². The van der Waals surface area contributed by atoms with E-state index < -0.39 is 12.0 Å². The lowest BCUT2D eigenvalue weighted by Gasteiger charge is -2.31. The largest absolute Gasteiger partial charge is 0.472 e. The van der Waals surface area contributed by atoms with Gasteiger partial charge in [-0.25, -0.2) is 8.78 Å². The van der Waals surface area contributed by atoms with E-state index in [0.29, 0.717) is 24.2 Å². The van der Waals surface area contributed by atoms with E-state index in [9.17, 15) is 4.39 Å². The zero-order valence-electron chi connectivity index (χ0n) is 17.3. The molecule has 31 heavy (non-hydrogen) atoms. The fourth-order valence-corrected chi connectivity index (χ4v) is 6.05. The van der Waals surface area contributed by atoms with Crippen LogP contribution in [0.25, 0.3) is 10.9 Å². The first kappa shape index (κ1) is 19.7. The normalized spacial score (nSPS) is 32.1. The van der Waals surface area contributed by atoms with E-state index in [2.05, 4.69) is 24.8 Å². The minimum atomic E-state index is -0.847. The Morgan fingerprint density at radius 1 is 1.26 bits per heavy atom. The van der Waals surface area contributed by atoms with Crippen molar-refractivity contribution in [2.45, 2.75) is 62.9 Å². The summed E-state index contributed by atoms with van der Waals surface area (Å²) in [6, 6.07) is 0.186. The van der Waals surface area contributed by atoms with Crippen LogP contribution < -0.4 is 14.4 Å². The smallest absolute Gasteiger partial charge is 0.319 e. The Hall–Kier alpha value is -2.00. The maximum absolute atomic E-state index is 15.0. The summed E-state index contributed by atoms with van der Waals surface area (Å²) in [6.45, 7) is 4.36. The second-order valence-electron chi connectivity index (χ2n) is 9.17. The van der Waals surface area contributed by atoms with Crippen LogP contribution in [0.5, 0.6) is 11.9 Å². The molecule has 2 aromatic heterocycles. The number of ether oxygens (including phenoxy) is 2. The summed E-state index contributed by atoms with van der Waals surface area (Å²) in [4.78, 5) is 17.5. The SMILES string of the molecule is C[C@H]1Oc2nc(Cl)c(F)c3nc(OC[C@@]45CCCN4C[C@H](F)C5)nc(c23)N2CCC[C@@H]12. The van der Waals surface area contributed by atoms with Gasteiger partial charge in [0.2, 0.25) is 5.88 Å². The van der Waals surface area contributed by atoms with E-state index in [0.717, 1.165) is 38.8 Å². The summed E-state index contributed by atoms with van der Waals surface area (Å²) in [5, 5.41) is 0.139. The highest BCUT2D eigenvalue weighted by Crippen LogP contribution is 2.43. The van der Waals surface area contributed by atoms with Gasteiger partial charge in [0, 0.05) is 19.5 Å². The molecule has 0 aliphatic carbocycles. The highest BCUT2D eigenvalue weighted by atomic mass is 35.5. The van der Waals surface area contributed by atoms with Gasteiger partial charge >= 0.3 is 6.01 Å². The molecule has 10 heteroatoms. The van der Waals surface area contributed by atoms with Crippen molar-refractivity contribution in [3.05, 3.63) is 11.0 Å². The first-order valence-electron chi connectivity index (χ1n) is 11.0. The number of aromatic nitrogens is 3. The highest BCUT2D eigenvalue weighted by molar-refractivity contribution is 6.30. The fraction of sp³-hybridized carbons (Fsp3) is 0.667. The predicted octanol–water partition coefficient (Wildman–Crippen LogP) is 3.52. The average molecular weight is 452 g/mol. The van der Waals surface area contributed by atoms with Gasteiger partial charge in [0.05, 0.1) is 11.6 Å². The van der Waals surface area contributed by atoms with Gasteiger partial charge in [0.25, 0.3) is 0 Å². The molecule has 3 fully saturated rings. The van der Waals surface area contributed by atoms with E-state index in [1.165, 1.54) is 0 Å². The molecule has 3 saturated heterocycles. The third-order valence-corrected chi connectivity index (χ3v) is 7.56. The van der Waals surface area contributed by atoms with Crippen LogP contribution in [-0.4, -0.2) is 69.9 Å². The third kappa shape index (κ3) is 2.96. The second kappa shape index (κ2) is 7.00. The minimum Gasteiger partial charge on any atom is -0.472 e. The number of anilines is 1. The molecule has 166 valence electrons. The molecule has 6 heterocycles. The molecule has 2 aromatic rings. The van der Waals surface area contributed by atoms with Gasteiger partial charge in [-0.15, -0.1) is 0 Å². The molecule has 0 bridgehead atoms. The van der Waals surface area contributed by atoms with Crippen molar-refractivity contribution in [1.29, 1.82) is 0 Å². The topological polar surface area (TPSA) is 63.6 Å². The molecule has 6 rings (SSSR count). The quantitative estimate of drug-likeness (QED) is 0.661. The Balaban J connectivity index is 1.43. The van der Waals surface area contributed by atoms with Crippen molar-refractivity contribution in [3.8, 4) is 11.9 Å². The Kier molecular flexibility index (Phi) is 4.44. The van der Waals surface area contributed by atoms with Gasteiger partial charge in [0.15, 0.2) is 11.0 Å². The first-order chi connectivity index (χ1) is 14.9. The molecule has 4 aliphatic heterocycles. The van der Waals surface area contributed by atoms with Crippen molar-refractivity contribution >= 4 is 28.3 Å². The monoisotopic (exact) mass is 451 g/mol. The zero-order chi connectivity index (χ0) is 21.3. The molecule has 0 radical (unpaired) electrons. The predicted molar refractivity (Wildman–Crippen MR) is 111 cm³/mol. The summed E-state index contributed by atoms with van der Waals surface area (Å²) < 4.78 is 41.2. The number of hydrogen-bond acceptors (Lipinski definition) is 7. The van der Waals surface area contributed by atoms with Crippen LogP contribution in [-0.2, 0) is 0 Å². The third-order valence-electron chi connectivity index (χ3n) is 7.31. The maximum Gasteiger partial charge on any atom is 0.319 e. The lowest BCUT2D eigenvalue weighted by atomic mass is 9.95. The van der Waals surface area contributed by atoms with Crippen LogP contribution in [0.3, 0.4) is 0 Å². The number of nitrogens with zero attached hydrogens (tertiary/aromatic N) is 5. The molecule has 0 saturated carbocycles. The van der Waals surface area contributed by atoms with E-state index >= 15 is 4.39 Å². The molecule has 0 amide bonds. The number of pyridine rings is 1. The Bertz CT molecular complexity index is 1060. The Labute approximate surface area is 183 Å². The molecule has 7 nitrogen and oxygen atoms in total. The van der Waals surface area contributed by atoms with E-state index in [1.54, 1.807) is 0 Å². The molecule has 4 atom stereocenters. The van der Waals surface area contributed by atoms with Gasteiger partial charge in [-0.3, -0.25) is 4.90 Å². The second-order valence-corrected chi connectivity index (χ2v) is 9.52. The van der Waals surface area contributed by atoms with E-state index in [1.807, 2.05) is 6.92 Å².